The van der Waals surface area contributed by atoms with Gasteiger partial charge in [-0.05, 0) is 20.9 Å². The molecule has 0 saturated carbocycles. The van der Waals surface area contributed by atoms with E-state index in [2.05, 4.69) is 10.3 Å². The van der Waals surface area contributed by atoms with E-state index in [-0.39, 0.29) is 13.1 Å². The number of hydrogen-bond donors (Lipinski definition) is 3. The number of aryl methyl sites for hydroxylation is 1. The second-order valence-corrected chi connectivity index (χ2v) is 4.75. The first-order valence-corrected chi connectivity index (χ1v) is 8.11. The highest BCUT2D eigenvalue weighted by Gasteiger charge is 2.17. The van der Waals surface area contributed by atoms with E-state index in [4.69, 9.17) is 9.90 Å². The van der Waals surface area contributed by atoms with E-state index in [9.17, 15) is 19.2 Å². The molecular weight excluding hydrogens is 344 g/mol. The average molecular weight is 372 g/mol. The summed E-state index contributed by atoms with van der Waals surface area (Å²) in [5.41, 5.74) is -0.925. The number of aromatic amines is 1. The first-order valence-electron chi connectivity index (χ1n) is 8.11. The molecule has 0 atom stereocenters. The second-order valence-electron chi connectivity index (χ2n) is 4.75. The van der Waals surface area contributed by atoms with Crippen molar-refractivity contribution < 1.29 is 19.5 Å². The van der Waals surface area contributed by atoms with Crippen molar-refractivity contribution in [1.82, 2.24) is 19.8 Å². The van der Waals surface area contributed by atoms with Crippen LogP contribution in [-0.2, 0) is 20.9 Å². The lowest BCUT2D eigenvalue weighted by Gasteiger charge is -2.21. The number of nitrogens with zero attached hydrogens (tertiary/aromatic N) is 2. The summed E-state index contributed by atoms with van der Waals surface area (Å²) < 4.78 is 1.05. The lowest BCUT2D eigenvalue weighted by Crippen LogP contribution is -2.43. The maximum atomic E-state index is 12.1. The van der Waals surface area contributed by atoms with Gasteiger partial charge in [0.15, 0.2) is 0 Å². The molecular formula is C16H28N4O6. The number of aliphatic carboxylic acids is 1. The van der Waals surface area contributed by atoms with Crippen molar-refractivity contribution in [2.24, 2.45) is 0 Å². The van der Waals surface area contributed by atoms with Gasteiger partial charge >= 0.3 is 11.7 Å². The molecule has 1 aromatic heterocycles. The SMILES string of the molecule is CC.CC=O.CNCCN(CC(=O)O)C(=O)Cn1cc(C)c(=O)[nH]c1=O. The van der Waals surface area contributed by atoms with Crippen molar-refractivity contribution in [2.45, 2.75) is 34.2 Å². The fraction of sp³-hybridized carbons (Fsp3) is 0.562. The molecule has 0 unspecified atom stereocenters. The number of carboxylic acids is 1. The van der Waals surface area contributed by atoms with Gasteiger partial charge in [0.05, 0.1) is 0 Å². The van der Waals surface area contributed by atoms with Crippen LogP contribution in [0, 0.1) is 6.92 Å². The van der Waals surface area contributed by atoms with Gasteiger partial charge < -0.3 is 20.1 Å². The number of rotatable bonds is 7. The van der Waals surface area contributed by atoms with Crippen LogP contribution in [0.25, 0.3) is 0 Å². The molecule has 0 aromatic carbocycles. The zero-order valence-corrected chi connectivity index (χ0v) is 15.9. The fourth-order valence-electron chi connectivity index (χ4n) is 1.68. The Morgan fingerprint density at radius 2 is 1.88 bits per heavy atom. The molecule has 0 spiro atoms. The number of nitrogens with one attached hydrogen (secondary N) is 2. The number of carbonyl (C=O) groups is 3. The molecule has 10 nitrogen and oxygen atoms in total. The Hall–Kier alpha value is -2.75. The van der Waals surface area contributed by atoms with Crippen LogP contribution >= 0.6 is 0 Å². The maximum Gasteiger partial charge on any atom is 0.328 e. The number of carboxylic acid groups (broad SMARTS) is 1. The normalized spacial score (nSPS) is 9.12. The summed E-state index contributed by atoms with van der Waals surface area (Å²) in [4.78, 5) is 57.7. The summed E-state index contributed by atoms with van der Waals surface area (Å²) >= 11 is 0. The highest BCUT2D eigenvalue weighted by Crippen LogP contribution is 1.94. The highest BCUT2D eigenvalue weighted by atomic mass is 16.4. The smallest absolute Gasteiger partial charge is 0.328 e. The Morgan fingerprint density at radius 3 is 2.35 bits per heavy atom. The number of H-pyrrole nitrogens is 1. The molecule has 0 aliphatic heterocycles. The van der Waals surface area contributed by atoms with Gasteiger partial charge in [-0.15, -0.1) is 0 Å². The molecule has 0 bridgehead atoms. The number of amides is 1. The minimum absolute atomic E-state index is 0.207. The average Bonchev–Trinajstić information content (AvgIpc) is 2.58. The van der Waals surface area contributed by atoms with Gasteiger partial charge in [-0.2, -0.15) is 0 Å². The lowest BCUT2D eigenvalue weighted by molar-refractivity contribution is -0.144. The summed E-state index contributed by atoms with van der Waals surface area (Å²) in [6, 6.07) is 0. The maximum absolute atomic E-state index is 12.1. The monoisotopic (exact) mass is 372 g/mol. The second kappa shape index (κ2) is 14.6. The summed E-state index contributed by atoms with van der Waals surface area (Å²) in [6.07, 6.45) is 2.02. The van der Waals surface area contributed by atoms with E-state index < -0.39 is 29.7 Å². The third-order valence-corrected chi connectivity index (χ3v) is 2.81. The van der Waals surface area contributed by atoms with Crippen molar-refractivity contribution in [2.75, 3.05) is 26.7 Å². The third-order valence-electron chi connectivity index (χ3n) is 2.81. The fourth-order valence-corrected chi connectivity index (χ4v) is 1.68. The van der Waals surface area contributed by atoms with Crippen LogP contribution in [0.3, 0.4) is 0 Å². The Kier molecular flexibility index (Phi) is 14.3. The summed E-state index contributed by atoms with van der Waals surface area (Å²) in [5, 5.41) is 11.6. The van der Waals surface area contributed by atoms with Crippen molar-refractivity contribution >= 4 is 18.2 Å². The summed E-state index contributed by atoms with van der Waals surface area (Å²) in [6.45, 7) is 6.82. The van der Waals surface area contributed by atoms with Gasteiger partial charge in [-0.25, -0.2) is 4.79 Å². The molecule has 1 rings (SSSR count). The van der Waals surface area contributed by atoms with E-state index in [1.165, 1.54) is 20.0 Å². The molecule has 0 radical (unpaired) electrons. The molecule has 0 saturated heterocycles. The van der Waals surface area contributed by atoms with Gasteiger partial charge in [-0.3, -0.25) is 23.9 Å². The largest absolute Gasteiger partial charge is 0.480 e. The molecule has 1 aromatic rings. The molecule has 0 fully saturated rings. The lowest BCUT2D eigenvalue weighted by atomic mass is 10.3. The number of carbonyl (C=O) groups excluding carboxylic acids is 2. The molecule has 0 aliphatic rings. The summed E-state index contributed by atoms with van der Waals surface area (Å²) in [5.74, 6) is -1.65. The number of likely N-dealkylation sites (N-methyl/N-ethyl adjacent to an activating group) is 1. The minimum Gasteiger partial charge on any atom is -0.480 e. The third kappa shape index (κ3) is 10.2. The van der Waals surface area contributed by atoms with E-state index in [0.29, 0.717) is 12.1 Å². The quantitative estimate of drug-likeness (QED) is 0.532. The van der Waals surface area contributed by atoms with Gasteiger partial charge in [0.1, 0.15) is 19.4 Å². The molecule has 1 amide bonds. The van der Waals surface area contributed by atoms with Gasteiger partial charge in [-0.1, -0.05) is 13.8 Å². The van der Waals surface area contributed by atoms with Crippen LogP contribution in [0.15, 0.2) is 15.8 Å². The van der Waals surface area contributed by atoms with E-state index in [1.54, 1.807) is 7.05 Å². The van der Waals surface area contributed by atoms with Crippen LogP contribution in [0.5, 0.6) is 0 Å². The van der Waals surface area contributed by atoms with E-state index in [0.717, 1.165) is 15.8 Å². The molecule has 10 heteroatoms. The summed E-state index contributed by atoms with van der Waals surface area (Å²) in [7, 11) is 1.68. The molecule has 26 heavy (non-hydrogen) atoms. The Bertz CT molecular complexity index is 680. The van der Waals surface area contributed by atoms with Crippen LogP contribution in [0.2, 0.25) is 0 Å². The van der Waals surface area contributed by atoms with Crippen LogP contribution in [0.1, 0.15) is 26.3 Å². The number of hydrogen-bond acceptors (Lipinski definition) is 6. The van der Waals surface area contributed by atoms with E-state index in [1.807, 2.05) is 13.8 Å². The van der Waals surface area contributed by atoms with Crippen LogP contribution in [-0.4, -0.2) is 64.4 Å². The van der Waals surface area contributed by atoms with Gasteiger partial charge in [0.2, 0.25) is 5.91 Å². The van der Waals surface area contributed by atoms with Crippen molar-refractivity contribution in [3.05, 3.63) is 32.6 Å². The number of aldehydes is 1. The first-order chi connectivity index (χ1) is 12.3. The van der Waals surface area contributed by atoms with Crippen molar-refractivity contribution in [3.63, 3.8) is 0 Å². The predicted octanol–water partition coefficient (Wildman–Crippen LogP) is -0.791. The van der Waals surface area contributed by atoms with Gasteiger partial charge in [0, 0.05) is 24.8 Å². The van der Waals surface area contributed by atoms with Crippen molar-refractivity contribution in [1.29, 1.82) is 0 Å². The number of aromatic nitrogens is 2. The van der Waals surface area contributed by atoms with Gasteiger partial charge in [0.25, 0.3) is 5.56 Å². The van der Waals surface area contributed by atoms with E-state index >= 15 is 0 Å². The minimum atomic E-state index is -1.13. The Morgan fingerprint density at radius 1 is 1.35 bits per heavy atom. The highest BCUT2D eigenvalue weighted by molar-refractivity contribution is 5.81. The zero-order chi connectivity index (χ0) is 20.7. The Labute approximate surface area is 151 Å². The molecule has 0 aliphatic carbocycles. The standard InChI is InChI=1S/C12H18N4O5.C2H4O.C2H6/c1-8-5-16(12(21)14-11(8)20)6-9(17)15(4-3-13-2)7-10(18)19;1-2-3;1-2/h5,13H,3-4,6-7H2,1-2H3,(H,18,19)(H,14,20,21);2H,1H3;1-2H3. The Balaban J connectivity index is 0. The molecule has 3 N–H and O–H groups in total. The molecule has 1 heterocycles. The molecule has 148 valence electrons. The topological polar surface area (TPSA) is 142 Å². The van der Waals surface area contributed by atoms with Crippen LogP contribution < -0.4 is 16.6 Å². The van der Waals surface area contributed by atoms with Crippen LogP contribution in [0.4, 0.5) is 0 Å². The predicted molar refractivity (Wildman–Crippen MR) is 97.3 cm³/mol. The zero-order valence-electron chi connectivity index (χ0n) is 15.9. The van der Waals surface area contributed by atoms with Crippen molar-refractivity contribution in [3.8, 4) is 0 Å². The first kappa shape index (κ1) is 25.5.